The fourth-order valence-electron chi connectivity index (χ4n) is 2.97. The molecule has 1 saturated carbocycles. The van der Waals surface area contributed by atoms with Gasteiger partial charge >= 0.3 is 0 Å². The Kier molecular flexibility index (Phi) is 3.90. The minimum absolute atomic E-state index is 0.360. The number of nitrogens with one attached hydrogen (secondary N) is 1. The van der Waals surface area contributed by atoms with Crippen molar-refractivity contribution in [2.24, 2.45) is 11.8 Å². The maximum atomic E-state index is 11.3. The summed E-state index contributed by atoms with van der Waals surface area (Å²) in [5.74, 6) is 1.92. The van der Waals surface area contributed by atoms with Gasteiger partial charge in [0.05, 0.1) is 11.5 Å². The van der Waals surface area contributed by atoms with Gasteiger partial charge in [-0.15, -0.1) is 0 Å². The smallest absolute Gasteiger partial charge is 0.150 e. The van der Waals surface area contributed by atoms with Crippen LogP contribution in [0.2, 0.25) is 0 Å². The third-order valence-electron chi connectivity index (χ3n) is 4.11. The van der Waals surface area contributed by atoms with Crippen molar-refractivity contribution in [3.63, 3.8) is 0 Å². The maximum Gasteiger partial charge on any atom is 0.150 e. The second kappa shape index (κ2) is 5.05. The van der Waals surface area contributed by atoms with Gasteiger partial charge < -0.3 is 5.32 Å². The molecule has 16 heavy (non-hydrogen) atoms. The molecule has 0 spiro atoms. The zero-order valence-corrected chi connectivity index (χ0v) is 10.9. The van der Waals surface area contributed by atoms with Gasteiger partial charge in [-0.05, 0) is 37.6 Å². The zero-order valence-electron chi connectivity index (χ0n) is 10.1. The molecule has 4 heteroatoms. The number of hydrogen-bond donors (Lipinski definition) is 1. The molecule has 0 bridgehead atoms. The van der Waals surface area contributed by atoms with Gasteiger partial charge in [0.25, 0.3) is 0 Å². The molecule has 94 valence electrons. The molecule has 1 N–H and O–H groups in total. The standard InChI is InChI=1S/C12H23NO2S/c1-10-4-2-3-5-12(10)13-8-11-6-7-16(14,15)9-11/h10-13H,2-9H2,1H3. The van der Waals surface area contributed by atoms with Crippen LogP contribution in [0.3, 0.4) is 0 Å². The lowest BCUT2D eigenvalue weighted by atomic mass is 9.85. The van der Waals surface area contributed by atoms with E-state index in [9.17, 15) is 8.42 Å². The van der Waals surface area contributed by atoms with Crippen molar-refractivity contribution >= 4 is 9.84 Å². The predicted octanol–water partition coefficient (Wildman–Crippen LogP) is 1.59. The fourth-order valence-corrected chi connectivity index (χ4v) is 4.83. The number of rotatable bonds is 3. The SMILES string of the molecule is CC1CCCCC1NCC1CCS(=O)(=O)C1. The molecule has 0 aromatic carbocycles. The van der Waals surface area contributed by atoms with Crippen molar-refractivity contribution in [1.82, 2.24) is 5.32 Å². The zero-order chi connectivity index (χ0) is 11.6. The molecular weight excluding hydrogens is 222 g/mol. The summed E-state index contributed by atoms with van der Waals surface area (Å²) in [4.78, 5) is 0. The van der Waals surface area contributed by atoms with Crippen LogP contribution in [0.4, 0.5) is 0 Å². The van der Waals surface area contributed by atoms with Gasteiger partial charge in [0.2, 0.25) is 0 Å². The van der Waals surface area contributed by atoms with Crippen LogP contribution in [0.1, 0.15) is 39.0 Å². The van der Waals surface area contributed by atoms with Crippen LogP contribution in [-0.4, -0.2) is 32.5 Å². The highest BCUT2D eigenvalue weighted by Gasteiger charge is 2.29. The first-order valence-corrected chi connectivity index (χ1v) is 8.33. The van der Waals surface area contributed by atoms with Crippen molar-refractivity contribution in [3.8, 4) is 0 Å². The van der Waals surface area contributed by atoms with Gasteiger partial charge in [-0.2, -0.15) is 0 Å². The van der Waals surface area contributed by atoms with Crippen molar-refractivity contribution in [2.75, 3.05) is 18.1 Å². The molecule has 1 aliphatic heterocycles. The summed E-state index contributed by atoms with van der Waals surface area (Å²) in [6.45, 7) is 3.20. The van der Waals surface area contributed by atoms with E-state index in [0.29, 0.717) is 23.5 Å². The Labute approximate surface area is 98.9 Å². The summed E-state index contributed by atoms with van der Waals surface area (Å²) < 4.78 is 22.7. The number of hydrogen-bond acceptors (Lipinski definition) is 3. The normalized spacial score (nSPS) is 38.7. The molecule has 0 aromatic heterocycles. The molecule has 3 nitrogen and oxygen atoms in total. The maximum absolute atomic E-state index is 11.3. The first kappa shape index (κ1) is 12.4. The van der Waals surface area contributed by atoms with Crippen molar-refractivity contribution in [1.29, 1.82) is 0 Å². The van der Waals surface area contributed by atoms with Crippen LogP contribution < -0.4 is 5.32 Å². The van der Waals surface area contributed by atoms with E-state index in [1.165, 1.54) is 25.7 Å². The lowest BCUT2D eigenvalue weighted by Gasteiger charge is -2.30. The molecular formula is C12H23NO2S. The summed E-state index contributed by atoms with van der Waals surface area (Å²) in [7, 11) is -2.70. The Morgan fingerprint density at radius 2 is 1.94 bits per heavy atom. The van der Waals surface area contributed by atoms with E-state index in [4.69, 9.17) is 0 Å². The van der Waals surface area contributed by atoms with E-state index in [2.05, 4.69) is 12.2 Å². The lowest BCUT2D eigenvalue weighted by molar-refractivity contribution is 0.271. The largest absolute Gasteiger partial charge is 0.313 e. The molecule has 2 aliphatic rings. The van der Waals surface area contributed by atoms with Crippen molar-refractivity contribution in [3.05, 3.63) is 0 Å². The van der Waals surface area contributed by atoms with Gasteiger partial charge in [0, 0.05) is 6.04 Å². The Balaban J connectivity index is 1.75. The highest BCUT2D eigenvalue weighted by Crippen LogP contribution is 2.24. The van der Waals surface area contributed by atoms with Gasteiger partial charge in [0.1, 0.15) is 0 Å². The van der Waals surface area contributed by atoms with Gasteiger partial charge in [-0.3, -0.25) is 0 Å². The summed E-state index contributed by atoms with van der Waals surface area (Å²) in [5.41, 5.74) is 0. The molecule has 0 radical (unpaired) electrons. The fraction of sp³-hybridized carbons (Fsp3) is 1.00. The minimum Gasteiger partial charge on any atom is -0.313 e. The number of sulfone groups is 1. The van der Waals surface area contributed by atoms with Crippen LogP contribution in [0, 0.1) is 11.8 Å². The second-order valence-electron chi connectivity index (χ2n) is 5.55. The van der Waals surface area contributed by atoms with E-state index in [1.807, 2.05) is 0 Å². The van der Waals surface area contributed by atoms with Crippen molar-refractivity contribution < 1.29 is 8.42 Å². The highest BCUT2D eigenvalue weighted by molar-refractivity contribution is 7.91. The van der Waals surface area contributed by atoms with Crippen LogP contribution in [0.15, 0.2) is 0 Å². The third kappa shape index (κ3) is 3.20. The van der Waals surface area contributed by atoms with Crippen LogP contribution in [-0.2, 0) is 9.84 Å². The molecule has 1 saturated heterocycles. The second-order valence-corrected chi connectivity index (χ2v) is 7.77. The topological polar surface area (TPSA) is 46.2 Å². The van der Waals surface area contributed by atoms with Gasteiger partial charge in [0.15, 0.2) is 9.84 Å². The average Bonchev–Trinajstić information content (AvgIpc) is 2.57. The van der Waals surface area contributed by atoms with Gasteiger partial charge in [-0.1, -0.05) is 19.8 Å². The first-order valence-electron chi connectivity index (χ1n) is 6.50. The molecule has 2 fully saturated rings. The molecule has 0 aromatic rings. The molecule has 3 unspecified atom stereocenters. The highest BCUT2D eigenvalue weighted by atomic mass is 32.2. The van der Waals surface area contributed by atoms with Crippen LogP contribution >= 0.6 is 0 Å². The summed E-state index contributed by atoms with van der Waals surface area (Å²) in [5, 5.41) is 3.59. The third-order valence-corrected chi connectivity index (χ3v) is 5.94. The van der Waals surface area contributed by atoms with Crippen LogP contribution in [0.25, 0.3) is 0 Å². The average molecular weight is 245 g/mol. The van der Waals surface area contributed by atoms with E-state index < -0.39 is 9.84 Å². The quantitative estimate of drug-likeness (QED) is 0.821. The molecule has 2 rings (SSSR count). The van der Waals surface area contributed by atoms with E-state index in [1.54, 1.807) is 0 Å². The van der Waals surface area contributed by atoms with E-state index in [-0.39, 0.29) is 0 Å². The van der Waals surface area contributed by atoms with Crippen molar-refractivity contribution in [2.45, 2.75) is 45.1 Å². The molecule has 1 aliphatic carbocycles. The predicted molar refractivity (Wildman–Crippen MR) is 66.2 cm³/mol. The summed E-state index contributed by atoms with van der Waals surface area (Å²) in [6.07, 6.45) is 6.12. The Bertz CT molecular complexity index is 326. The van der Waals surface area contributed by atoms with Gasteiger partial charge in [-0.25, -0.2) is 8.42 Å². The summed E-state index contributed by atoms with van der Waals surface area (Å²) in [6, 6.07) is 0.622. The lowest BCUT2D eigenvalue weighted by Crippen LogP contribution is -2.40. The van der Waals surface area contributed by atoms with Crippen LogP contribution in [0.5, 0.6) is 0 Å². The van der Waals surface area contributed by atoms with E-state index in [0.717, 1.165) is 18.9 Å². The Morgan fingerprint density at radius 3 is 2.56 bits per heavy atom. The Morgan fingerprint density at radius 1 is 1.19 bits per heavy atom. The summed E-state index contributed by atoms with van der Waals surface area (Å²) >= 11 is 0. The minimum atomic E-state index is -2.70. The molecule has 3 atom stereocenters. The monoisotopic (exact) mass is 245 g/mol. The first-order chi connectivity index (χ1) is 7.57. The molecule has 1 heterocycles. The molecule has 0 amide bonds. The Hall–Kier alpha value is -0.0900. The van der Waals surface area contributed by atoms with E-state index >= 15 is 0 Å².